The largest absolute Gasteiger partial charge is 0.507 e. The number of nitrogens with zero attached hydrogens (tertiary/aromatic N) is 2. The number of ketones is 1. The summed E-state index contributed by atoms with van der Waals surface area (Å²) in [5.41, 5.74) is 7.12. The third-order valence-electron chi connectivity index (χ3n) is 10.7. The third-order valence-corrected chi connectivity index (χ3v) is 10.7. The summed E-state index contributed by atoms with van der Waals surface area (Å²) in [6.07, 6.45) is 1.16. The van der Waals surface area contributed by atoms with Crippen LogP contribution < -0.4 is 37.9 Å². The monoisotopic (exact) mass is 904 g/mol. The molecular formula is C49H36N4O14. The number of aliphatic hydroxyl groups excluding tert-OH is 1. The molecule has 0 unspecified atom stereocenters. The number of H-pyrrole nitrogens is 2. The molecule has 4 aliphatic rings. The molecular weight excluding hydrogens is 869 g/mol. The van der Waals surface area contributed by atoms with E-state index in [9.17, 15) is 30.3 Å². The topological polar surface area (TPSA) is 249 Å². The van der Waals surface area contributed by atoms with Crippen molar-refractivity contribution in [3.8, 4) is 114 Å². The highest BCUT2D eigenvalue weighted by atomic mass is 16.7. The van der Waals surface area contributed by atoms with Crippen LogP contribution in [-0.4, -0.2) is 78.9 Å². The number of allylic oxidation sites excluding steroid dienone is 1. The minimum atomic E-state index is -0.335. The van der Waals surface area contributed by atoms with E-state index in [0.29, 0.717) is 56.6 Å². The maximum atomic E-state index is 12.3. The van der Waals surface area contributed by atoms with Crippen LogP contribution in [0.1, 0.15) is 15.9 Å². The minimum absolute atomic E-state index is 0.144. The summed E-state index contributed by atoms with van der Waals surface area (Å²) in [4.78, 5) is 12.3. The van der Waals surface area contributed by atoms with Gasteiger partial charge in [0, 0.05) is 39.5 Å². The van der Waals surface area contributed by atoms with E-state index in [-0.39, 0.29) is 61.7 Å². The van der Waals surface area contributed by atoms with Gasteiger partial charge < -0.3 is 63.4 Å². The maximum absolute atomic E-state index is 12.3. The Bertz CT molecular complexity index is 3080. The zero-order valence-electron chi connectivity index (χ0n) is 34.8. The molecule has 0 radical (unpaired) electrons. The van der Waals surface area contributed by atoms with Gasteiger partial charge in [0.05, 0.1) is 22.8 Å². The highest BCUT2D eigenvalue weighted by Gasteiger charge is 2.20. The molecule has 0 atom stereocenters. The van der Waals surface area contributed by atoms with Crippen molar-refractivity contribution in [1.29, 1.82) is 0 Å². The van der Waals surface area contributed by atoms with Gasteiger partial charge in [-0.15, -0.1) is 0 Å². The standard InChI is InChI=1S/C17H12N2O4.C17H12O6.C15H12N2O4/c1-3-14-16(22-8-20-14)5-10(1)12-7-13(19-18-12)11-2-4-15-17(6-11)23-9-21-15;18-12(10-1-3-14-16(5-10)22-8-20-14)7-13(19)11-2-4-15-17(6-11)23-9-21-15;18-12-3-1-8(5-14(12)20)10-7-11(17-16-10)9-2-4-13(19)15(21)6-9/h1-7H,8-9H2,(H,18,19);1-7,18H,8-9H2;1-7,18-21H,(H,16,17). The Hall–Kier alpha value is -9.45. The molecule has 12 rings (SSSR count). The number of phenols is 4. The summed E-state index contributed by atoms with van der Waals surface area (Å²) in [6.45, 7) is 0.830. The van der Waals surface area contributed by atoms with Crippen LogP contribution >= 0.6 is 0 Å². The Balaban J connectivity index is 0.000000118. The Kier molecular flexibility index (Phi) is 10.9. The number of phenolic OH excluding ortho intramolecular Hbond substituents is 4. The number of benzene rings is 6. The Morgan fingerprint density at radius 3 is 1.33 bits per heavy atom. The van der Waals surface area contributed by atoms with Crippen LogP contribution in [-0.2, 0) is 0 Å². The molecule has 336 valence electrons. The first kappa shape index (κ1) is 41.6. The van der Waals surface area contributed by atoms with Crippen LogP contribution in [0.4, 0.5) is 0 Å². The normalized spacial score (nSPS) is 13.3. The summed E-state index contributed by atoms with van der Waals surface area (Å²) in [5, 5.41) is 62.2. The first-order chi connectivity index (χ1) is 32.6. The number of nitrogens with one attached hydrogen (secondary N) is 2. The van der Waals surface area contributed by atoms with Crippen molar-refractivity contribution >= 4 is 11.5 Å². The summed E-state index contributed by atoms with van der Waals surface area (Å²) >= 11 is 0. The van der Waals surface area contributed by atoms with Crippen LogP contribution in [0.3, 0.4) is 0 Å². The molecule has 0 saturated heterocycles. The Morgan fingerprint density at radius 1 is 0.418 bits per heavy atom. The van der Waals surface area contributed by atoms with Crippen molar-refractivity contribution in [1.82, 2.24) is 20.4 Å². The fourth-order valence-electron chi connectivity index (χ4n) is 7.13. The quantitative estimate of drug-likeness (QED) is 0.0342. The molecule has 6 heterocycles. The number of aromatic hydroxyl groups is 4. The second-order valence-electron chi connectivity index (χ2n) is 14.9. The molecule has 0 bridgehead atoms. The van der Waals surface area contributed by atoms with Gasteiger partial charge in [0.1, 0.15) is 5.76 Å². The first-order valence-electron chi connectivity index (χ1n) is 20.3. The van der Waals surface area contributed by atoms with Crippen molar-refractivity contribution < 1.29 is 68.2 Å². The molecule has 0 spiro atoms. The van der Waals surface area contributed by atoms with Gasteiger partial charge in [-0.05, 0) is 121 Å². The molecule has 0 amide bonds. The van der Waals surface area contributed by atoms with E-state index in [1.54, 1.807) is 54.6 Å². The first-order valence-corrected chi connectivity index (χ1v) is 20.3. The lowest BCUT2D eigenvalue weighted by atomic mass is 10.1. The number of hydrogen-bond donors (Lipinski definition) is 7. The van der Waals surface area contributed by atoms with E-state index in [2.05, 4.69) is 20.4 Å². The van der Waals surface area contributed by atoms with Crippen LogP contribution in [0, 0.1) is 0 Å². The van der Waals surface area contributed by atoms with Gasteiger partial charge in [0.15, 0.2) is 74.8 Å². The fourth-order valence-corrected chi connectivity index (χ4v) is 7.13. The number of aromatic amines is 2. The van der Waals surface area contributed by atoms with Gasteiger partial charge >= 0.3 is 0 Å². The van der Waals surface area contributed by atoms with Crippen LogP contribution in [0.25, 0.3) is 50.8 Å². The molecule has 18 heteroatoms. The summed E-state index contributed by atoms with van der Waals surface area (Å²) in [7, 11) is 0. The number of rotatable bonds is 7. The van der Waals surface area contributed by atoms with E-state index >= 15 is 0 Å². The molecule has 6 aromatic carbocycles. The van der Waals surface area contributed by atoms with E-state index in [0.717, 1.165) is 51.6 Å². The zero-order valence-corrected chi connectivity index (χ0v) is 34.8. The number of hydrogen-bond acceptors (Lipinski definition) is 16. The highest BCUT2D eigenvalue weighted by molar-refractivity contribution is 6.08. The number of aliphatic hydroxyl groups is 1. The van der Waals surface area contributed by atoms with Crippen molar-refractivity contribution in [3.63, 3.8) is 0 Å². The molecule has 8 aromatic rings. The third kappa shape index (κ3) is 8.77. The van der Waals surface area contributed by atoms with E-state index < -0.39 is 0 Å². The Labute approximate surface area is 379 Å². The van der Waals surface area contributed by atoms with Crippen LogP contribution in [0.15, 0.2) is 127 Å². The lowest BCUT2D eigenvalue weighted by molar-refractivity contribution is 0.104. The molecule has 0 aliphatic carbocycles. The van der Waals surface area contributed by atoms with Crippen LogP contribution in [0.2, 0.25) is 0 Å². The minimum Gasteiger partial charge on any atom is -0.507 e. The van der Waals surface area contributed by atoms with Gasteiger partial charge in [0.2, 0.25) is 27.2 Å². The second kappa shape index (κ2) is 17.6. The predicted octanol–water partition coefficient (Wildman–Crippen LogP) is 8.69. The van der Waals surface area contributed by atoms with E-state index in [1.807, 2.05) is 42.5 Å². The van der Waals surface area contributed by atoms with Gasteiger partial charge in [-0.1, -0.05) is 0 Å². The number of ether oxygens (including phenoxy) is 8. The molecule has 2 aromatic heterocycles. The average molecular weight is 905 g/mol. The van der Waals surface area contributed by atoms with E-state index in [1.165, 1.54) is 24.3 Å². The zero-order chi connectivity index (χ0) is 46.0. The van der Waals surface area contributed by atoms with Gasteiger partial charge in [-0.25, -0.2) is 0 Å². The molecule has 18 nitrogen and oxygen atoms in total. The van der Waals surface area contributed by atoms with Crippen molar-refractivity contribution in [2.75, 3.05) is 27.2 Å². The maximum Gasteiger partial charge on any atom is 0.231 e. The van der Waals surface area contributed by atoms with Crippen molar-refractivity contribution in [2.45, 2.75) is 0 Å². The average Bonchev–Trinajstić information content (AvgIpc) is 4.21. The number of fused-ring (bicyclic) bond motifs is 4. The smallest absolute Gasteiger partial charge is 0.231 e. The van der Waals surface area contributed by atoms with Gasteiger partial charge in [-0.3, -0.25) is 15.0 Å². The lowest BCUT2D eigenvalue weighted by Crippen LogP contribution is -1.97. The highest BCUT2D eigenvalue weighted by Crippen LogP contribution is 2.40. The summed E-state index contributed by atoms with van der Waals surface area (Å²) in [6, 6.07) is 34.1. The van der Waals surface area contributed by atoms with Crippen molar-refractivity contribution in [3.05, 3.63) is 139 Å². The summed E-state index contributed by atoms with van der Waals surface area (Å²) < 4.78 is 42.4. The molecule has 4 aliphatic heterocycles. The van der Waals surface area contributed by atoms with Crippen LogP contribution in [0.5, 0.6) is 69.0 Å². The lowest BCUT2D eigenvalue weighted by Gasteiger charge is -2.03. The molecule has 0 fully saturated rings. The fraction of sp³-hybridized carbons (Fsp3) is 0.0816. The van der Waals surface area contributed by atoms with E-state index in [4.69, 9.17) is 37.9 Å². The molecule has 7 N–H and O–H groups in total. The summed E-state index contributed by atoms with van der Waals surface area (Å²) in [5.74, 6) is 4.00. The molecule has 67 heavy (non-hydrogen) atoms. The second-order valence-corrected chi connectivity index (χ2v) is 14.9. The molecule has 0 saturated carbocycles. The number of carbonyl (C=O) groups excluding carboxylic acids is 1. The number of aromatic nitrogens is 4. The Morgan fingerprint density at radius 2 is 0.791 bits per heavy atom. The SMILES string of the molecule is O=C(C=C(O)c1ccc2c(c1)OCO2)c1ccc2c(c1)OCO2.Oc1ccc(-c2cc(-c3ccc(O)c(O)c3)[nH]n2)cc1O.c1cc2c(cc1-c1cc(-c3ccc4c(c3)OCO4)[nH]n1)OCO2. The van der Waals surface area contributed by atoms with Crippen molar-refractivity contribution in [2.24, 2.45) is 0 Å². The predicted molar refractivity (Wildman–Crippen MR) is 238 cm³/mol. The van der Waals surface area contributed by atoms with Gasteiger partial charge in [0.25, 0.3) is 0 Å². The number of carbonyl (C=O) groups is 1. The van der Waals surface area contributed by atoms with Gasteiger partial charge in [-0.2, -0.15) is 10.2 Å².